The number of halogens is 1. The van der Waals surface area contributed by atoms with Gasteiger partial charge in [0.15, 0.2) is 0 Å². The number of hydrogen-bond donors (Lipinski definition) is 2. The third kappa shape index (κ3) is 5.84. The first kappa shape index (κ1) is 25.4. The Morgan fingerprint density at radius 3 is 2.26 bits per heavy atom. The van der Waals surface area contributed by atoms with Gasteiger partial charge in [-0.2, -0.15) is 14.0 Å². The molecule has 0 fully saturated rings. The second kappa shape index (κ2) is 9.98. The zero-order valence-corrected chi connectivity index (χ0v) is 19.8. The maximum absolute atomic E-state index is 11.9. The van der Waals surface area contributed by atoms with Crippen LogP contribution in [0.2, 0.25) is 0 Å². The van der Waals surface area contributed by atoms with Gasteiger partial charge in [-0.1, -0.05) is 30.4 Å². The molecule has 0 saturated heterocycles. The normalized spacial score (nSPS) is 16.6. The fourth-order valence-electron chi connectivity index (χ4n) is 3.72. The number of ether oxygens (including phenoxy) is 1. The van der Waals surface area contributed by atoms with Crippen LogP contribution < -0.4 is 23.6 Å². The van der Waals surface area contributed by atoms with Crippen molar-refractivity contribution in [2.24, 2.45) is 0 Å². The van der Waals surface area contributed by atoms with Gasteiger partial charge in [0.1, 0.15) is 11.5 Å². The lowest BCUT2D eigenvalue weighted by atomic mass is 9.85. The Kier molecular flexibility index (Phi) is 7.47. The highest BCUT2D eigenvalue weighted by Crippen LogP contribution is 2.45. The van der Waals surface area contributed by atoms with Crippen molar-refractivity contribution in [1.82, 2.24) is 4.90 Å². The maximum Gasteiger partial charge on any atom is 0.336 e. The monoisotopic (exact) mass is 488 g/mol. The van der Waals surface area contributed by atoms with Crippen LogP contribution in [-0.2, 0) is 0 Å². The van der Waals surface area contributed by atoms with Gasteiger partial charge in [0.25, 0.3) is 0 Å². The molecule has 9 nitrogen and oxygen atoms in total. The number of aromatic carboxylic acids is 1. The molecule has 0 bridgehead atoms. The molecular formula is C24H25ClN2O7. The van der Waals surface area contributed by atoms with E-state index >= 15 is 0 Å². The quantitative estimate of drug-likeness (QED) is 0.603. The topological polar surface area (TPSA) is 142 Å². The molecule has 0 saturated carbocycles. The lowest BCUT2D eigenvalue weighted by Crippen LogP contribution is -2.58. The van der Waals surface area contributed by atoms with E-state index in [-0.39, 0.29) is 11.6 Å². The number of nitrogens with zero attached hydrogens (tertiary/aromatic N) is 2. The third-order valence-corrected chi connectivity index (χ3v) is 5.31. The minimum atomic E-state index is -4.69. The van der Waals surface area contributed by atoms with Crippen molar-refractivity contribution >= 4 is 17.2 Å². The first-order valence-electron chi connectivity index (χ1n) is 10.1. The van der Waals surface area contributed by atoms with Gasteiger partial charge in [0, 0.05) is 48.6 Å². The van der Waals surface area contributed by atoms with E-state index in [1.54, 1.807) is 12.1 Å². The summed E-state index contributed by atoms with van der Waals surface area (Å²) in [5.74, 6) is 0.544. The van der Waals surface area contributed by atoms with Gasteiger partial charge in [0.2, 0.25) is 0 Å². The average Bonchev–Trinajstić information content (AvgIpc) is 2.75. The van der Waals surface area contributed by atoms with Crippen LogP contribution in [0.25, 0.3) is 5.57 Å². The summed E-state index contributed by atoms with van der Waals surface area (Å²) in [7, 11) is 3.30. The summed E-state index contributed by atoms with van der Waals surface area (Å²) in [5.41, 5.74) is 4.67. The summed E-state index contributed by atoms with van der Waals surface area (Å²) in [6.07, 6.45) is 6.21. The van der Waals surface area contributed by atoms with E-state index in [1.807, 2.05) is 69.5 Å². The van der Waals surface area contributed by atoms with Crippen molar-refractivity contribution in [3.8, 4) is 5.75 Å². The number of rotatable bonds is 4. The molecule has 1 aliphatic heterocycles. The van der Waals surface area contributed by atoms with Crippen LogP contribution >= 0.6 is 0 Å². The van der Waals surface area contributed by atoms with Crippen LogP contribution in [0.1, 0.15) is 21.5 Å². The van der Waals surface area contributed by atoms with E-state index in [9.17, 15) is 9.90 Å². The molecule has 10 heteroatoms. The van der Waals surface area contributed by atoms with Gasteiger partial charge in [0.05, 0.1) is 20.5 Å². The number of likely N-dealkylation sites (N-methyl/N-ethyl adjacent to an activating group) is 1. The molecule has 2 aromatic carbocycles. The molecular weight excluding hydrogens is 464 g/mol. The molecule has 2 N–H and O–H groups in total. The highest BCUT2D eigenvalue weighted by atomic mass is 35.7. The van der Waals surface area contributed by atoms with Crippen molar-refractivity contribution in [2.45, 2.75) is 6.04 Å². The summed E-state index contributed by atoms with van der Waals surface area (Å²) in [6.45, 7) is 0. The molecule has 34 heavy (non-hydrogen) atoms. The van der Waals surface area contributed by atoms with Crippen LogP contribution in [0.3, 0.4) is 0 Å². The SMILES string of the molecule is CN(C)c1ccc2c(c1)OC1=CC(N(C)C)C=CC1=C2c1ccccc1C(=O)O.[O-][Cl+3]([O-])([O-])O. The van der Waals surface area contributed by atoms with Gasteiger partial charge in [-0.05, 0) is 43.9 Å². The summed E-state index contributed by atoms with van der Waals surface area (Å²) in [5, 5.41) is 9.77. The summed E-state index contributed by atoms with van der Waals surface area (Å²) in [6, 6.07) is 13.3. The molecule has 0 radical (unpaired) electrons. The van der Waals surface area contributed by atoms with Crippen molar-refractivity contribution < 1.29 is 43.5 Å². The Hall–Kier alpha value is -3.18. The highest BCUT2D eigenvalue weighted by Gasteiger charge is 2.29. The number of anilines is 1. The van der Waals surface area contributed by atoms with E-state index in [0.717, 1.165) is 33.9 Å². The lowest BCUT2D eigenvalue weighted by Gasteiger charge is -2.31. The molecule has 0 aromatic heterocycles. The minimum Gasteiger partial charge on any atom is -0.478 e. The van der Waals surface area contributed by atoms with Gasteiger partial charge in [-0.15, -0.1) is 0 Å². The number of carboxylic acid groups (broad SMARTS) is 1. The average molecular weight is 489 g/mol. The Morgan fingerprint density at radius 2 is 1.68 bits per heavy atom. The maximum atomic E-state index is 11.9. The van der Waals surface area contributed by atoms with Gasteiger partial charge >= 0.3 is 5.97 Å². The van der Waals surface area contributed by atoms with Crippen LogP contribution in [0.15, 0.2) is 72.0 Å². The summed E-state index contributed by atoms with van der Waals surface area (Å²) in [4.78, 5) is 16.0. The predicted octanol–water partition coefficient (Wildman–Crippen LogP) is -0.0950. The standard InChI is InChI=1S/C24H24N2O3.ClHO4/c1-25(2)15-9-11-19-21(13-15)29-22-14-16(26(3)4)10-12-20(22)23(19)17-7-5-6-8-18(17)24(27)28;2-1(3,4)5/h5-15H,1-4H3,(H,27,28);(H,2,3,4,5). The van der Waals surface area contributed by atoms with Gasteiger partial charge in [-0.3, -0.25) is 4.90 Å². The van der Waals surface area contributed by atoms with E-state index in [4.69, 9.17) is 23.4 Å². The van der Waals surface area contributed by atoms with Crippen LogP contribution in [0, 0.1) is 10.2 Å². The lowest BCUT2D eigenvalue weighted by molar-refractivity contribution is -1.92. The number of carbonyl (C=O) groups is 1. The molecule has 0 spiro atoms. The second-order valence-electron chi connectivity index (χ2n) is 8.06. The van der Waals surface area contributed by atoms with Gasteiger partial charge in [-0.25, -0.2) is 4.79 Å². The van der Waals surface area contributed by atoms with Crippen molar-refractivity contribution in [1.29, 1.82) is 0 Å². The molecule has 180 valence electrons. The number of hydrogen-bond acceptors (Lipinski definition) is 8. The van der Waals surface area contributed by atoms with Crippen LogP contribution in [0.5, 0.6) is 5.75 Å². The second-order valence-corrected chi connectivity index (χ2v) is 8.85. The number of fused-ring (bicyclic) bond motifs is 2. The Balaban J connectivity index is 0.000000588. The van der Waals surface area contributed by atoms with Gasteiger partial charge < -0.3 is 14.7 Å². The molecule has 1 heterocycles. The summed E-state index contributed by atoms with van der Waals surface area (Å²) >= 11 is 0. The first-order valence-corrected chi connectivity index (χ1v) is 11.4. The Labute approximate surface area is 199 Å². The van der Waals surface area contributed by atoms with E-state index in [1.165, 1.54) is 0 Å². The van der Waals surface area contributed by atoms with Crippen LogP contribution in [0.4, 0.5) is 5.69 Å². The van der Waals surface area contributed by atoms with Crippen molar-refractivity contribution in [3.63, 3.8) is 0 Å². The molecule has 0 amide bonds. The Bertz CT molecular complexity index is 1170. The number of carboxylic acids is 1. The van der Waals surface area contributed by atoms with Crippen molar-refractivity contribution in [3.05, 3.63) is 88.7 Å². The molecule has 1 atom stereocenters. The highest BCUT2D eigenvalue weighted by molar-refractivity contribution is 6.00. The van der Waals surface area contributed by atoms with E-state index in [2.05, 4.69) is 17.1 Å². The number of allylic oxidation sites excluding steroid dienone is 1. The molecule has 2 aliphatic rings. The van der Waals surface area contributed by atoms with E-state index < -0.39 is 16.2 Å². The van der Waals surface area contributed by atoms with Crippen molar-refractivity contribution in [2.75, 3.05) is 33.1 Å². The third-order valence-electron chi connectivity index (χ3n) is 5.31. The molecule has 4 rings (SSSR count). The van der Waals surface area contributed by atoms with E-state index in [0.29, 0.717) is 5.56 Å². The fraction of sp³-hybridized carbons (Fsp3) is 0.208. The molecule has 2 aromatic rings. The molecule has 1 aliphatic carbocycles. The first-order chi connectivity index (χ1) is 15.9. The summed E-state index contributed by atoms with van der Waals surface area (Å²) < 4.78 is 39.0. The minimum absolute atomic E-state index is 0.114. The number of benzene rings is 2. The largest absolute Gasteiger partial charge is 0.478 e. The van der Waals surface area contributed by atoms with Crippen LogP contribution in [-0.4, -0.2) is 54.9 Å². The zero-order chi connectivity index (χ0) is 25.2. The predicted molar refractivity (Wildman–Crippen MR) is 118 cm³/mol. The fourth-order valence-corrected chi connectivity index (χ4v) is 3.72. The molecule has 1 unspecified atom stereocenters. The Morgan fingerprint density at radius 1 is 1.03 bits per heavy atom. The smallest absolute Gasteiger partial charge is 0.336 e. The zero-order valence-electron chi connectivity index (χ0n) is 19.1.